The highest BCUT2D eigenvalue weighted by Crippen LogP contribution is 2.36. The summed E-state index contributed by atoms with van der Waals surface area (Å²) in [5, 5.41) is 3.26. The minimum Gasteiger partial charge on any atom is -0.382 e. The number of rotatable bonds is 3. The Bertz CT molecular complexity index is 476. The fraction of sp³-hybridized carbons (Fsp3) is 0.600. The minimum absolute atomic E-state index is 0.0820. The lowest BCUT2D eigenvalue weighted by atomic mass is 10.1. The smallest absolute Gasteiger partial charge is 0.382 e. The van der Waals surface area contributed by atoms with Gasteiger partial charge in [-0.1, -0.05) is 22.9 Å². The van der Waals surface area contributed by atoms with Crippen molar-refractivity contribution in [2.45, 2.75) is 38.4 Å². The lowest BCUT2D eigenvalue weighted by Crippen LogP contribution is -2.26. The molecule has 0 radical (unpaired) electrons. The first-order chi connectivity index (χ1) is 9.90. The molecule has 1 heterocycles. The van der Waals surface area contributed by atoms with Crippen molar-refractivity contribution in [1.29, 1.82) is 0 Å². The summed E-state index contributed by atoms with van der Waals surface area (Å²) in [6, 6.07) is 4.58. The van der Waals surface area contributed by atoms with E-state index in [4.69, 9.17) is 0 Å². The second-order valence-corrected chi connectivity index (χ2v) is 6.25. The predicted octanol–water partition coefficient (Wildman–Crippen LogP) is 4.75. The van der Waals surface area contributed by atoms with Crippen molar-refractivity contribution < 1.29 is 13.2 Å². The van der Waals surface area contributed by atoms with Gasteiger partial charge in [-0.05, 0) is 50.6 Å². The Morgan fingerprint density at radius 3 is 2.71 bits per heavy atom. The highest BCUT2D eigenvalue weighted by molar-refractivity contribution is 9.10. The Labute approximate surface area is 131 Å². The maximum atomic E-state index is 12.9. The van der Waals surface area contributed by atoms with Crippen LogP contribution in [0.3, 0.4) is 0 Å². The monoisotopic (exact) mass is 364 g/mol. The van der Waals surface area contributed by atoms with E-state index in [1.54, 1.807) is 6.07 Å². The normalized spacial score (nSPS) is 21.1. The molecule has 0 bridgehead atoms. The number of nitrogens with zero attached hydrogens (tertiary/aromatic N) is 1. The summed E-state index contributed by atoms with van der Waals surface area (Å²) in [5.41, 5.74) is -0.0863. The first-order valence-corrected chi connectivity index (χ1v) is 8.05. The van der Waals surface area contributed by atoms with Crippen LogP contribution in [0.15, 0.2) is 22.7 Å². The van der Waals surface area contributed by atoms with Gasteiger partial charge in [-0.2, -0.15) is 13.2 Å². The van der Waals surface area contributed by atoms with E-state index in [0.29, 0.717) is 5.69 Å². The summed E-state index contributed by atoms with van der Waals surface area (Å²) in [5.74, 6) is 0. The van der Waals surface area contributed by atoms with Gasteiger partial charge in [-0.3, -0.25) is 0 Å². The summed E-state index contributed by atoms with van der Waals surface area (Å²) in [7, 11) is 0. The molecule has 6 heteroatoms. The van der Waals surface area contributed by atoms with E-state index in [1.165, 1.54) is 12.1 Å². The molecular weight excluding hydrogens is 345 g/mol. The molecule has 0 spiro atoms. The molecular formula is C15H20BrF3N2. The van der Waals surface area contributed by atoms with Crippen LogP contribution in [0.1, 0.15) is 31.7 Å². The third kappa shape index (κ3) is 4.61. The quantitative estimate of drug-likeness (QED) is 0.831. The Kier molecular flexibility index (Phi) is 5.54. The zero-order valence-electron chi connectivity index (χ0n) is 12.0. The van der Waals surface area contributed by atoms with Gasteiger partial charge in [0, 0.05) is 22.7 Å². The van der Waals surface area contributed by atoms with Gasteiger partial charge < -0.3 is 10.2 Å². The number of hydrogen-bond donors (Lipinski definition) is 1. The molecule has 1 aromatic carbocycles. The highest BCUT2D eigenvalue weighted by atomic mass is 79.9. The fourth-order valence-corrected chi connectivity index (χ4v) is 3.16. The standard InChI is InChI=1S/C15H20BrF3N2/c1-2-21-8-3-4-11(7-9-21)20-12-5-6-14(16)13(10-12)15(17,18)19/h5-6,10-11,20H,2-4,7-9H2,1H3. The van der Waals surface area contributed by atoms with Crippen molar-refractivity contribution in [1.82, 2.24) is 4.90 Å². The van der Waals surface area contributed by atoms with E-state index in [2.05, 4.69) is 33.1 Å². The first kappa shape index (κ1) is 16.6. The van der Waals surface area contributed by atoms with Gasteiger partial charge in [0.2, 0.25) is 0 Å². The van der Waals surface area contributed by atoms with E-state index < -0.39 is 11.7 Å². The van der Waals surface area contributed by atoms with Crippen molar-refractivity contribution in [3.8, 4) is 0 Å². The Balaban J connectivity index is 2.06. The van der Waals surface area contributed by atoms with E-state index in [1.807, 2.05) is 0 Å². The highest BCUT2D eigenvalue weighted by Gasteiger charge is 2.33. The molecule has 1 N–H and O–H groups in total. The fourth-order valence-electron chi connectivity index (χ4n) is 2.68. The van der Waals surface area contributed by atoms with Gasteiger partial charge in [0.25, 0.3) is 0 Å². The number of anilines is 1. The van der Waals surface area contributed by atoms with Crippen molar-refractivity contribution in [3.63, 3.8) is 0 Å². The lowest BCUT2D eigenvalue weighted by molar-refractivity contribution is -0.138. The van der Waals surface area contributed by atoms with Crippen LogP contribution < -0.4 is 5.32 Å². The number of halogens is 4. The third-order valence-electron chi connectivity index (χ3n) is 3.91. The van der Waals surface area contributed by atoms with E-state index in [-0.39, 0.29) is 10.5 Å². The summed E-state index contributed by atoms with van der Waals surface area (Å²) in [6.45, 7) is 5.24. The van der Waals surface area contributed by atoms with Gasteiger partial charge in [-0.25, -0.2) is 0 Å². The topological polar surface area (TPSA) is 15.3 Å². The zero-order valence-corrected chi connectivity index (χ0v) is 13.6. The predicted molar refractivity (Wildman–Crippen MR) is 82.5 cm³/mol. The van der Waals surface area contributed by atoms with E-state index in [9.17, 15) is 13.2 Å². The molecule has 1 aliphatic rings. The maximum absolute atomic E-state index is 12.9. The van der Waals surface area contributed by atoms with Crippen molar-refractivity contribution in [2.75, 3.05) is 25.0 Å². The SMILES string of the molecule is CCN1CCCC(Nc2ccc(Br)c(C(F)(F)F)c2)CC1. The Hall–Kier alpha value is -0.750. The lowest BCUT2D eigenvalue weighted by Gasteiger charge is -2.20. The van der Waals surface area contributed by atoms with Crippen molar-refractivity contribution in [3.05, 3.63) is 28.2 Å². The molecule has 2 nitrogen and oxygen atoms in total. The molecule has 0 aliphatic carbocycles. The molecule has 1 fully saturated rings. The number of likely N-dealkylation sites (tertiary alicyclic amines) is 1. The molecule has 21 heavy (non-hydrogen) atoms. The molecule has 0 saturated carbocycles. The Morgan fingerprint density at radius 2 is 2.05 bits per heavy atom. The van der Waals surface area contributed by atoms with Crippen LogP contribution in [0, 0.1) is 0 Å². The second-order valence-electron chi connectivity index (χ2n) is 5.40. The van der Waals surface area contributed by atoms with Crippen LogP contribution >= 0.6 is 15.9 Å². The number of benzene rings is 1. The number of nitrogens with one attached hydrogen (secondary N) is 1. The largest absolute Gasteiger partial charge is 0.417 e. The van der Waals surface area contributed by atoms with Crippen LogP contribution in [-0.2, 0) is 6.18 Å². The molecule has 118 valence electrons. The molecule has 1 unspecified atom stereocenters. The summed E-state index contributed by atoms with van der Waals surface area (Å²) in [6.07, 6.45) is -1.30. The Morgan fingerprint density at radius 1 is 1.29 bits per heavy atom. The summed E-state index contributed by atoms with van der Waals surface area (Å²) < 4.78 is 38.8. The number of alkyl halides is 3. The van der Waals surface area contributed by atoms with E-state index in [0.717, 1.165) is 38.9 Å². The van der Waals surface area contributed by atoms with Crippen molar-refractivity contribution >= 4 is 21.6 Å². The zero-order chi connectivity index (χ0) is 15.5. The first-order valence-electron chi connectivity index (χ1n) is 7.25. The van der Waals surface area contributed by atoms with Crippen molar-refractivity contribution in [2.24, 2.45) is 0 Å². The second kappa shape index (κ2) is 7.01. The van der Waals surface area contributed by atoms with Crippen LogP contribution in [0.2, 0.25) is 0 Å². The molecule has 1 saturated heterocycles. The molecule has 1 aliphatic heterocycles. The molecule has 2 rings (SSSR count). The van der Waals surface area contributed by atoms with Crippen LogP contribution in [0.25, 0.3) is 0 Å². The van der Waals surface area contributed by atoms with Gasteiger partial charge >= 0.3 is 6.18 Å². The average molecular weight is 365 g/mol. The number of hydrogen-bond acceptors (Lipinski definition) is 2. The summed E-state index contributed by atoms with van der Waals surface area (Å²) in [4.78, 5) is 2.38. The van der Waals surface area contributed by atoms with Crippen LogP contribution in [0.5, 0.6) is 0 Å². The molecule has 0 aromatic heterocycles. The van der Waals surface area contributed by atoms with Crippen LogP contribution in [-0.4, -0.2) is 30.6 Å². The van der Waals surface area contributed by atoms with E-state index >= 15 is 0 Å². The van der Waals surface area contributed by atoms with Gasteiger partial charge in [-0.15, -0.1) is 0 Å². The van der Waals surface area contributed by atoms with Gasteiger partial charge in [0.15, 0.2) is 0 Å². The van der Waals surface area contributed by atoms with Gasteiger partial charge in [0.1, 0.15) is 0 Å². The summed E-state index contributed by atoms with van der Waals surface area (Å²) >= 11 is 2.97. The van der Waals surface area contributed by atoms with Gasteiger partial charge in [0.05, 0.1) is 5.56 Å². The molecule has 1 aromatic rings. The van der Waals surface area contributed by atoms with Crippen LogP contribution in [0.4, 0.5) is 18.9 Å². The minimum atomic E-state index is -4.33. The third-order valence-corrected chi connectivity index (χ3v) is 4.60. The molecule has 1 atom stereocenters. The average Bonchev–Trinajstić information content (AvgIpc) is 2.65. The maximum Gasteiger partial charge on any atom is 0.417 e. The molecule has 0 amide bonds.